The summed E-state index contributed by atoms with van der Waals surface area (Å²) in [4.78, 5) is 12.4. The molecule has 29 heavy (non-hydrogen) atoms. The number of anilines is 1. The Morgan fingerprint density at radius 1 is 1.10 bits per heavy atom. The Kier molecular flexibility index (Phi) is 7.85. The summed E-state index contributed by atoms with van der Waals surface area (Å²) in [5.41, 5.74) is 5.19. The zero-order valence-corrected chi connectivity index (χ0v) is 18.8. The lowest BCUT2D eigenvalue weighted by Gasteiger charge is -2.23. The zero-order valence-electron chi connectivity index (χ0n) is 18.0. The van der Waals surface area contributed by atoms with Crippen LogP contribution in [-0.2, 0) is 21.2 Å². The Balaban J connectivity index is 1.96. The SMILES string of the molecule is CCc1ccc(N(CCCC(=O)N[C@@H](C)c2cc(C)ccc2C)S(C)(=O)=O)cc1. The molecule has 6 heteroatoms. The van der Waals surface area contributed by atoms with Crippen molar-refractivity contribution in [3.05, 3.63) is 64.7 Å². The Labute approximate surface area is 175 Å². The summed E-state index contributed by atoms with van der Waals surface area (Å²) in [5.74, 6) is -0.0758. The average molecular weight is 417 g/mol. The van der Waals surface area contributed by atoms with E-state index < -0.39 is 10.0 Å². The Morgan fingerprint density at radius 3 is 2.34 bits per heavy atom. The van der Waals surface area contributed by atoms with Crippen LogP contribution in [0.2, 0.25) is 0 Å². The number of aryl methyl sites for hydroxylation is 3. The van der Waals surface area contributed by atoms with E-state index in [4.69, 9.17) is 0 Å². The maximum atomic E-state index is 12.4. The van der Waals surface area contributed by atoms with Gasteiger partial charge >= 0.3 is 0 Å². The molecule has 0 spiro atoms. The van der Waals surface area contributed by atoms with Crippen LogP contribution in [0.25, 0.3) is 0 Å². The average Bonchev–Trinajstić information content (AvgIpc) is 2.66. The number of sulfonamides is 1. The number of carbonyl (C=O) groups excluding carboxylic acids is 1. The van der Waals surface area contributed by atoms with Crippen LogP contribution in [0.1, 0.15) is 55.0 Å². The molecule has 158 valence electrons. The number of nitrogens with one attached hydrogen (secondary N) is 1. The van der Waals surface area contributed by atoms with Crippen LogP contribution in [0.5, 0.6) is 0 Å². The lowest BCUT2D eigenvalue weighted by atomic mass is 10.00. The fourth-order valence-corrected chi connectivity index (χ4v) is 4.35. The summed E-state index contributed by atoms with van der Waals surface area (Å²) >= 11 is 0. The van der Waals surface area contributed by atoms with E-state index in [1.807, 2.05) is 45.0 Å². The summed E-state index contributed by atoms with van der Waals surface area (Å²) in [6.45, 7) is 8.37. The monoisotopic (exact) mass is 416 g/mol. The summed E-state index contributed by atoms with van der Waals surface area (Å²) < 4.78 is 25.8. The first kappa shape index (κ1) is 22.9. The lowest BCUT2D eigenvalue weighted by molar-refractivity contribution is -0.121. The van der Waals surface area contributed by atoms with Crippen LogP contribution in [0.4, 0.5) is 5.69 Å². The highest BCUT2D eigenvalue weighted by atomic mass is 32.2. The Hall–Kier alpha value is -2.34. The number of benzene rings is 2. The molecule has 1 N–H and O–H groups in total. The normalized spacial score (nSPS) is 12.4. The van der Waals surface area contributed by atoms with E-state index in [9.17, 15) is 13.2 Å². The molecular formula is C23H32N2O3S. The molecule has 0 heterocycles. The van der Waals surface area contributed by atoms with E-state index in [-0.39, 0.29) is 24.9 Å². The van der Waals surface area contributed by atoms with Crippen molar-refractivity contribution < 1.29 is 13.2 Å². The molecule has 5 nitrogen and oxygen atoms in total. The van der Waals surface area contributed by atoms with Crippen molar-refractivity contribution in [3.8, 4) is 0 Å². The van der Waals surface area contributed by atoms with E-state index >= 15 is 0 Å². The predicted octanol–water partition coefficient (Wildman–Crippen LogP) is 4.29. The lowest BCUT2D eigenvalue weighted by Crippen LogP contribution is -2.32. The van der Waals surface area contributed by atoms with Crippen molar-refractivity contribution in [2.24, 2.45) is 0 Å². The number of amides is 1. The highest BCUT2D eigenvalue weighted by Crippen LogP contribution is 2.21. The summed E-state index contributed by atoms with van der Waals surface area (Å²) in [6, 6.07) is 13.6. The van der Waals surface area contributed by atoms with Gasteiger partial charge in [0.2, 0.25) is 15.9 Å². The van der Waals surface area contributed by atoms with Gasteiger partial charge in [0.05, 0.1) is 18.0 Å². The molecule has 0 aliphatic heterocycles. The molecule has 1 amide bonds. The van der Waals surface area contributed by atoms with Crippen molar-refractivity contribution >= 4 is 21.6 Å². The van der Waals surface area contributed by atoms with Crippen LogP contribution < -0.4 is 9.62 Å². The summed E-state index contributed by atoms with van der Waals surface area (Å²) in [5, 5.41) is 3.02. The fourth-order valence-electron chi connectivity index (χ4n) is 3.39. The molecule has 0 bridgehead atoms. The van der Waals surface area contributed by atoms with Crippen molar-refractivity contribution in [1.82, 2.24) is 5.32 Å². The molecule has 0 aliphatic rings. The van der Waals surface area contributed by atoms with Crippen LogP contribution >= 0.6 is 0 Å². The summed E-state index contributed by atoms with van der Waals surface area (Å²) in [7, 11) is -3.41. The molecule has 0 radical (unpaired) electrons. The van der Waals surface area contributed by atoms with Crippen LogP contribution in [0.15, 0.2) is 42.5 Å². The van der Waals surface area contributed by atoms with E-state index in [2.05, 4.69) is 30.4 Å². The first-order valence-electron chi connectivity index (χ1n) is 10.0. The van der Waals surface area contributed by atoms with E-state index in [0.29, 0.717) is 12.1 Å². The molecular weight excluding hydrogens is 384 g/mol. The molecule has 0 saturated heterocycles. The highest BCUT2D eigenvalue weighted by Gasteiger charge is 2.18. The molecule has 0 aromatic heterocycles. The molecule has 0 fully saturated rings. The quantitative estimate of drug-likeness (QED) is 0.663. The van der Waals surface area contributed by atoms with E-state index in [0.717, 1.165) is 28.7 Å². The van der Waals surface area contributed by atoms with Gasteiger partial charge in [-0.2, -0.15) is 0 Å². The Bertz CT molecular complexity index is 937. The van der Waals surface area contributed by atoms with Crippen LogP contribution in [0.3, 0.4) is 0 Å². The van der Waals surface area contributed by atoms with Crippen molar-refractivity contribution in [2.75, 3.05) is 17.1 Å². The topological polar surface area (TPSA) is 66.5 Å². The minimum Gasteiger partial charge on any atom is -0.350 e. The van der Waals surface area contributed by atoms with Gasteiger partial charge in [-0.05, 0) is 62.4 Å². The smallest absolute Gasteiger partial charge is 0.232 e. The van der Waals surface area contributed by atoms with Gasteiger partial charge in [-0.3, -0.25) is 9.10 Å². The highest BCUT2D eigenvalue weighted by molar-refractivity contribution is 7.92. The minimum absolute atomic E-state index is 0.0758. The largest absolute Gasteiger partial charge is 0.350 e. The van der Waals surface area contributed by atoms with Gasteiger partial charge in [0.15, 0.2) is 0 Å². The van der Waals surface area contributed by atoms with Crippen molar-refractivity contribution in [1.29, 1.82) is 0 Å². The van der Waals surface area contributed by atoms with Gasteiger partial charge in [-0.25, -0.2) is 8.42 Å². The number of rotatable bonds is 9. The van der Waals surface area contributed by atoms with E-state index in [1.165, 1.54) is 10.6 Å². The summed E-state index contributed by atoms with van der Waals surface area (Å²) in [6.07, 6.45) is 2.82. The zero-order chi connectivity index (χ0) is 21.6. The molecule has 1 atom stereocenters. The molecule has 2 rings (SSSR count). The maximum absolute atomic E-state index is 12.4. The van der Waals surface area contributed by atoms with Gasteiger partial charge < -0.3 is 5.32 Å². The maximum Gasteiger partial charge on any atom is 0.232 e. The number of hydrogen-bond acceptors (Lipinski definition) is 3. The van der Waals surface area contributed by atoms with Gasteiger partial charge in [0.1, 0.15) is 0 Å². The fraction of sp³-hybridized carbons (Fsp3) is 0.435. The number of hydrogen-bond donors (Lipinski definition) is 1. The van der Waals surface area contributed by atoms with Gasteiger partial charge in [-0.1, -0.05) is 42.8 Å². The van der Waals surface area contributed by atoms with Crippen molar-refractivity contribution in [2.45, 2.75) is 53.0 Å². The number of carbonyl (C=O) groups is 1. The first-order chi connectivity index (χ1) is 13.6. The molecule has 0 aliphatic carbocycles. The van der Waals surface area contributed by atoms with E-state index in [1.54, 1.807) is 0 Å². The van der Waals surface area contributed by atoms with Crippen LogP contribution in [0, 0.1) is 13.8 Å². The molecule has 0 unspecified atom stereocenters. The molecule has 0 saturated carbocycles. The minimum atomic E-state index is -3.41. The molecule has 2 aromatic rings. The van der Waals surface area contributed by atoms with Gasteiger partial charge in [0.25, 0.3) is 0 Å². The van der Waals surface area contributed by atoms with Gasteiger partial charge in [-0.15, -0.1) is 0 Å². The Morgan fingerprint density at radius 2 is 1.76 bits per heavy atom. The van der Waals surface area contributed by atoms with Crippen LogP contribution in [-0.4, -0.2) is 27.1 Å². The third-order valence-corrected chi connectivity index (χ3v) is 6.27. The third kappa shape index (κ3) is 6.60. The first-order valence-corrected chi connectivity index (χ1v) is 11.9. The third-order valence-electron chi connectivity index (χ3n) is 5.08. The van der Waals surface area contributed by atoms with Gasteiger partial charge in [0, 0.05) is 13.0 Å². The van der Waals surface area contributed by atoms with Crippen molar-refractivity contribution in [3.63, 3.8) is 0 Å². The number of nitrogens with zero attached hydrogens (tertiary/aromatic N) is 1. The standard InChI is InChI=1S/C23H32N2O3S/c1-6-20-11-13-21(14-12-20)25(29(5,27)28)15-7-8-23(26)24-19(4)22-16-17(2)9-10-18(22)3/h9-14,16,19H,6-8,15H2,1-5H3,(H,24,26)/t19-/m0/s1. The second-order valence-electron chi connectivity index (χ2n) is 7.61. The predicted molar refractivity (Wildman–Crippen MR) is 120 cm³/mol. The second kappa shape index (κ2) is 9.92. The molecule has 2 aromatic carbocycles. The second-order valence-corrected chi connectivity index (χ2v) is 9.51.